The molecule has 0 saturated heterocycles. The molecule has 3 heterocycles. The zero-order valence-corrected chi connectivity index (χ0v) is 20.3. The fraction of sp³-hybridized carbons (Fsp3) is 0.143. The van der Waals surface area contributed by atoms with Gasteiger partial charge in [-0.05, 0) is 41.5 Å². The molecule has 0 amide bonds. The van der Waals surface area contributed by atoms with Gasteiger partial charge in [0.1, 0.15) is 11.4 Å². The van der Waals surface area contributed by atoms with Crippen molar-refractivity contribution in [3.63, 3.8) is 0 Å². The van der Waals surface area contributed by atoms with Gasteiger partial charge in [0.25, 0.3) is 0 Å². The summed E-state index contributed by atoms with van der Waals surface area (Å²) in [5.74, 6) is -1.72. The average Bonchev–Trinajstić information content (AvgIpc) is 3.10. The Morgan fingerprint density at radius 2 is 1.64 bits per heavy atom. The van der Waals surface area contributed by atoms with Gasteiger partial charge in [-0.2, -0.15) is 13.2 Å². The Balaban J connectivity index is 1.49. The zero-order valence-electron chi connectivity index (χ0n) is 20.3. The van der Waals surface area contributed by atoms with E-state index < -0.39 is 24.5 Å². The lowest BCUT2D eigenvalue weighted by atomic mass is 10.1. The summed E-state index contributed by atoms with van der Waals surface area (Å²) in [6, 6.07) is 16.1. The summed E-state index contributed by atoms with van der Waals surface area (Å²) in [4.78, 5) is 9.40. The molecule has 5 rings (SSSR count). The van der Waals surface area contributed by atoms with Crippen molar-refractivity contribution >= 4 is 5.65 Å². The summed E-state index contributed by atoms with van der Waals surface area (Å²) in [5, 5.41) is 23.2. The number of nitrogens with zero attached hydrogens (tertiary/aromatic N) is 3. The van der Waals surface area contributed by atoms with Gasteiger partial charge in [0.2, 0.25) is 11.8 Å². The van der Waals surface area contributed by atoms with Crippen LogP contribution in [0.3, 0.4) is 0 Å². The van der Waals surface area contributed by atoms with Gasteiger partial charge in [0.05, 0.1) is 11.4 Å². The SMILES string of the molecule is Oc1ccc(-c2cn3c(O)c(CC4=CNC(OCC(F)(F)F)=C(F)C=C4)nc3c(Cc3ccccc3)n2)cc1. The maximum atomic E-state index is 14.2. The van der Waals surface area contributed by atoms with E-state index in [1.165, 1.54) is 28.8 Å². The third-order valence-electron chi connectivity index (χ3n) is 5.90. The molecule has 2 aromatic heterocycles. The van der Waals surface area contributed by atoms with Crippen LogP contribution in [0.1, 0.15) is 17.0 Å². The van der Waals surface area contributed by atoms with Gasteiger partial charge in [0.15, 0.2) is 18.1 Å². The Kier molecular flexibility index (Phi) is 6.97. The Hall–Kier alpha value is -4.80. The number of alkyl halides is 3. The first-order chi connectivity index (χ1) is 18.7. The van der Waals surface area contributed by atoms with E-state index in [4.69, 9.17) is 4.98 Å². The second kappa shape index (κ2) is 10.5. The zero-order chi connectivity index (χ0) is 27.6. The van der Waals surface area contributed by atoms with Gasteiger partial charge in [-0.15, -0.1) is 0 Å². The molecule has 3 N–H and O–H groups in total. The van der Waals surface area contributed by atoms with E-state index in [-0.39, 0.29) is 23.7 Å². The van der Waals surface area contributed by atoms with Crippen molar-refractivity contribution in [2.24, 2.45) is 0 Å². The van der Waals surface area contributed by atoms with Crippen molar-refractivity contribution in [3.8, 4) is 22.9 Å². The smallest absolute Gasteiger partial charge is 0.422 e. The lowest BCUT2D eigenvalue weighted by molar-refractivity contribution is -0.166. The molecule has 0 aliphatic carbocycles. The first-order valence-corrected chi connectivity index (χ1v) is 11.8. The number of fused-ring (bicyclic) bond motifs is 1. The fourth-order valence-corrected chi connectivity index (χ4v) is 4.04. The van der Waals surface area contributed by atoms with Crippen LogP contribution < -0.4 is 5.32 Å². The molecule has 0 spiro atoms. The molecular weight excluding hydrogens is 516 g/mol. The van der Waals surface area contributed by atoms with Crippen LogP contribution in [0.2, 0.25) is 0 Å². The van der Waals surface area contributed by atoms with Crippen LogP contribution in [0.4, 0.5) is 17.6 Å². The number of imidazole rings is 1. The molecule has 200 valence electrons. The van der Waals surface area contributed by atoms with Crippen LogP contribution in [0.25, 0.3) is 16.9 Å². The highest BCUT2D eigenvalue weighted by Gasteiger charge is 2.29. The highest BCUT2D eigenvalue weighted by Crippen LogP contribution is 2.29. The van der Waals surface area contributed by atoms with Crippen LogP contribution in [-0.2, 0) is 17.6 Å². The molecule has 0 unspecified atom stereocenters. The Morgan fingerprint density at radius 3 is 2.36 bits per heavy atom. The highest BCUT2D eigenvalue weighted by atomic mass is 19.4. The van der Waals surface area contributed by atoms with Gasteiger partial charge in [-0.1, -0.05) is 36.4 Å². The third kappa shape index (κ3) is 6.03. The second-order valence-electron chi connectivity index (χ2n) is 8.81. The quantitative estimate of drug-likeness (QED) is 0.262. The van der Waals surface area contributed by atoms with Gasteiger partial charge in [-0.25, -0.2) is 14.4 Å². The predicted molar refractivity (Wildman–Crippen MR) is 135 cm³/mol. The highest BCUT2D eigenvalue weighted by molar-refractivity contribution is 5.64. The van der Waals surface area contributed by atoms with E-state index in [2.05, 4.69) is 15.0 Å². The average molecular weight is 539 g/mol. The Labute approximate surface area is 220 Å². The van der Waals surface area contributed by atoms with Crippen molar-refractivity contribution in [1.82, 2.24) is 19.7 Å². The molecule has 2 aromatic carbocycles. The summed E-state index contributed by atoms with van der Waals surface area (Å²) < 4.78 is 57.7. The number of halogens is 4. The van der Waals surface area contributed by atoms with E-state index in [0.29, 0.717) is 34.6 Å². The fourth-order valence-electron chi connectivity index (χ4n) is 4.04. The first-order valence-electron chi connectivity index (χ1n) is 11.8. The molecular formula is C28H22F4N4O3. The van der Waals surface area contributed by atoms with Crippen LogP contribution in [0, 0.1) is 0 Å². The Morgan fingerprint density at radius 1 is 0.897 bits per heavy atom. The topological polar surface area (TPSA) is 91.9 Å². The minimum Gasteiger partial charge on any atom is -0.508 e. The van der Waals surface area contributed by atoms with E-state index in [1.54, 1.807) is 18.3 Å². The molecule has 4 aromatic rings. The van der Waals surface area contributed by atoms with Gasteiger partial charge >= 0.3 is 6.18 Å². The summed E-state index contributed by atoms with van der Waals surface area (Å²) in [5.41, 5.74) is 3.93. The molecule has 0 radical (unpaired) electrons. The minimum atomic E-state index is -4.62. The van der Waals surface area contributed by atoms with Crippen LogP contribution in [-0.4, -0.2) is 37.4 Å². The van der Waals surface area contributed by atoms with Crippen molar-refractivity contribution in [2.75, 3.05) is 6.61 Å². The molecule has 1 aliphatic rings. The number of hydrogen-bond acceptors (Lipinski definition) is 6. The van der Waals surface area contributed by atoms with Gasteiger partial charge < -0.3 is 20.3 Å². The maximum absolute atomic E-state index is 14.2. The standard InChI is InChI=1S/C28H22F4N4O3/c29-21-11-6-18(14-33-26(21)39-16-28(30,31)32)13-23-27(38)36-15-24(19-7-9-20(37)10-8-19)34-22(25(36)35-23)12-17-4-2-1-3-5-17/h1-11,14-15,33,37-38H,12-13,16H2. The number of allylic oxidation sites excluding steroid dienone is 4. The summed E-state index contributed by atoms with van der Waals surface area (Å²) in [6.07, 6.45) is 1.10. The number of phenolic OH excluding ortho intramolecular Hbond substituents is 1. The van der Waals surface area contributed by atoms with Crippen molar-refractivity contribution in [3.05, 3.63) is 113 Å². The van der Waals surface area contributed by atoms with E-state index in [0.717, 1.165) is 11.6 Å². The van der Waals surface area contributed by atoms with Gasteiger partial charge in [-0.3, -0.25) is 4.40 Å². The van der Waals surface area contributed by atoms with Crippen LogP contribution in [0.15, 0.2) is 96.4 Å². The number of hydrogen-bond donors (Lipinski definition) is 3. The predicted octanol–water partition coefficient (Wildman–Crippen LogP) is 5.70. The lowest BCUT2D eigenvalue weighted by Crippen LogP contribution is -2.21. The Bertz CT molecular complexity index is 1590. The molecule has 1 aliphatic heterocycles. The first kappa shape index (κ1) is 25.8. The normalized spacial score (nSPS) is 13.8. The van der Waals surface area contributed by atoms with Gasteiger partial charge in [0, 0.05) is 30.8 Å². The van der Waals surface area contributed by atoms with Crippen molar-refractivity contribution in [2.45, 2.75) is 19.0 Å². The van der Waals surface area contributed by atoms with E-state index >= 15 is 0 Å². The largest absolute Gasteiger partial charge is 0.508 e. The number of rotatable bonds is 7. The lowest BCUT2D eigenvalue weighted by Gasteiger charge is -2.12. The third-order valence-corrected chi connectivity index (χ3v) is 5.90. The number of nitrogens with one attached hydrogen (secondary N) is 1. The second-order valence-corrected chi connectivity index (χ2v) is 8.81. The molecule has 0 bridgehead atoms. The monoisotopic (exact) mass is 538 g/mol. The summed E-state index contributed by atoms with van der Waals surface area (Å²) >= 11 is 0. The number of phenols is 1. The number of aromatic nitrogens is 3. The summed E-state index contributed by atoms with van der Waals surface area (Å²) in [7, 11) is 0. The number of ether oxygens (including phenoxy) is 1. The van der Waals surface area contributed by atoms with Crippen molar-refractivity contribution < 1.29 is 32.5 Å². The molecule has 39 heavy (non-hydrogen) atoms. The number of benzene rings is 2. The summed E-state index contributed by atoms with van der Waals surface area (Å²) in [6.45, 7) is -1.65. The molecule has 11 heteroatoms. The van der Waals surface area contributed by atoms with E-state index in [9.17, 15) is 27.8 Å². The van der Waals surface area contributed by atoms with Crippen molar-refractivity contribution in [1.29, 1.82) is 0 Å². The minimum absolute atomic E-state index is 0.0379. The van der Waals surface area contributed by atoms with Crippen LogP contribution >= 0.6 is 0 Å². The van der Waals surface area contributed by atoms with E-state index in [1.807, 2.05) is 30.3 Å². The molecule has 0 saturated carbocycles. The van der Waals surface area contributed by atoms with Crippen LogP contribution in [0.5, 0.6) is 11.6 Å². The molecule has 0 fully saturated rings. The molecule has 0 atom stereocenters. The number of aromatic hydroxyl groups is 2. The molecule has 7 nitrogen and oxygen atoms in total. The maximum Gasteiger partial charge on any atom is 0.422 e.